The molecule has 18 heteroatoms. The zero-order chi connectivity index (χ0) is 66.0. The van der Waals surface area contributed by atoms with Gasteiger partial charge in [-0.15, -0.1) is 0 Å². The second-order valence-electron chi connectivity index (χ2n) is 22.0. The first kappa shape index (κ1) is 120. The van der Waals surface area contributed by atoms with Gasteiger partial charge >= 0.3 is 0 Å². The van der Waals surface area contributed by atoms with Crippen molar-refractivity contribution in [3.05, 3.63) is 25.7 Å². The maximum atomic E-state index is 11.8. The molecule has 14 nitrogen and oxygen atoms in total. The topological polar surface area (TPSA) is 237 Å². The van der Waals surface area contributed by atoms with Crippen LogP contribution in [0.4, 0.5) is 0 Å². The molecule has 0 aliphatic rings. The standard InChI is InChI=1S/2C15H28NO2.2C14H27N2O2.4C3H7.CH4.4La/c2*1-4-6-8-10-13(3)15(18)16-14(12-17)11-9-7-5-2;2*1-3-5-7-9-12(11-17)16-14(18)13(15)10-8-6-4-2;4*1-3-2;;;;;/h2*13-14H,4-11H2,1-3H3,(H,16,18);2*12-13H,3-10,15H2,1-2H3,(H,16,18);4*3H,1-2H3;1H4;;;;/q8*-1;;;;;. The van der Waals surface area contributed by atoms with E-state index in [1.165, 1.54) is 0 Å². The van der Waals surface area contributed by atoms with Gasteiger partial charge < -0.3 is 77.6 Å². The molecule has 0 saturated heterocycles. The Labute approximate surface area is 665 Å². The average Bonchev–Trinajstić information content (AvgIpc) is 3.47. The van der Waals surface area contributed by atoms with Gasteiger partial charge in [-0.05, 0) is 25.7 Å². The first-order chi connectivity index (χ1) is 40.3. The minimum atomic E-state index is -0.501. The number of carbonyl (C=O) groups excluding carboxylic acids is 8. The van der Waals surface area contributed by atoms with Crippen molar-refractivity contribution in [1.29, 1.82) is 0 Å². The van der Waals surface area contributed by atoms with Gasteiger partial charge in [-0.1, -0.05) is 281 Å². The molecule has 8 atom stereocenters. The van der Waals surface area contributed by atoms with E-state index in [-0.39, 0.29) is 185 Å². The SMILES string of the molecule is C.CCCCCC([C-]=O)NC(=O)C(C)CCCCC.CCCCCC([C-]=O)NC(=O)C(C)CCCCC.CCCCCC([C-]=O)NC(=O)C(N)CCCCC.CCCCCC([C-]=O)NC(=O)C(N)CCCCC.C[CH-]C.C[CH-]C.C[CH-]C.C[CH-]C.[La].[La].[La].[La]. The van der Waals surface area contributed by atoms with E-state index in [1.54, 1.807) is 0 Å². The second kappa shape index (κ2) is 105. The average molecular weight is 1760 g/mol. The molecule has 4 amide bonds. The van der Waals surface area contributed by atoms with Crippen LogP contribution in [0, 0.1) is 180 Å². The van der Waals surface area contributed by atoms with E-state index in [4.69, 9.17) is 11.5 Å². The normalized spacial score (nSPS) is 12.1. The Morgan fingerprint density at radius 3 is 0.607 bits per heavy atom. The van der Waals surface area contributed by atoms with E-state index < -0.39 is 36.3 Å². The predicted molar refractivity (Wildman–Crippen MR) is 367 cm³/mol. The molecule has 0 rings (SSSR count). The molecule has 4 radical (unpaired) electrons. The number of nitrogens with one attached hydrogen (secondary N) is 4. The summed E-state index contributed by atoms with van der Waals surface area (Å²) in [4.78, 5) is 90.2. The summed E-state index contributed by atoms with van der Waals surface area (Å²) in [5.74, 6) is -0.462. The van der Waals surface area contributed by atoms with Crippen LogP contribution in [-0.4, -0.2) is 85.0 Å². The molecule has 0 fully saturated rings. The van der Waals surface area contributed by atoms with Crippen LogP contribution in [-0.2, 0) is 38.4 Å². The number of carbonyl (C=O) groups is 4. The fourth-order valence-electron chi connectivity index (χ4n) is 7.38. The third-order valence-electron chi connectivity index (χ3n) is 12.5. The fourth-order valence-corrected chi connectivity index (χ4v) is 7.38. The number of rotatable bonds is 44. The number of unbranched alkanes of at least 4 members (excludes halogenated alkanes) is 16. The molecular weight excluding hydrogens is 1620 g/mol. The molecule has 0 aromatic heterocycles. The molecule has 89 heavy (non-hydrogen) atoms. The molecule has 0 aliphatic carbocycles. The largest absolute Gasteiger partial charge is 0.540 e. The van der Waals surface area contributed by atoms with Crippen molar-refractivity contribution in [2.45, 2.75) is 374 Å². The Hall–Kier alpha value is 1.26. The fraction of sp³-hybridized carbons (Fsp3) is 0.831. The van der Waals surface area contributed by atoms with Crippen LogP contribution < -0.4 is 32.7 Å². The first-order valence-electron chi connectivity index (χ1n) is 33.5. The molecule has 0 aromatic carbocycles. The monoisotopic (exact) mass is 1760 g/mol. The maximum absolute atomic E-state index is 11.8. The molecule has 8 N–H and O–H groups in total. The van der Waals surface area contributed by atoms with Gasteiger partial charge in [0.1, 0.15) is 0 Å². The van der Waals surface area contributed by atoms with Gasteiger partial charge in [0, 0.05) is 154 Å². The summed E-state index contributed by atoms with van der Waals surface area (Å²) in [7, 11) is 0. The van der Waals surface area contributed by atoms with Gasteiger partial charge in [0.25, 0.3) is 0 Å². The van der Waals surface area contributed by atoms with E-state index in [2.05, 4.69) is 76.7 Å². The number of nitrogens with two attached hydrogens (primary N) is 2. The van der Waals surface area contributed by atoms with Crippen molar-refractivity contribution in [1.82, 2.24) is 21.3 Å². The molecule has 0 aliphatic heterocycles. The first-order valence-corrected chi connectivity index (χ1v) is 33.5. The summed E-state index contributed by atoms with van der Waals surface area (Å²) < 4.78 is 0. The van der Waals surface area contributed by atoms with Crippen LogP contribution in [0.1, 0.15) is 338 Å². The van der Waals surface area contributed by atoms with Gasteiger partial charge in [0.2, 0.25) is 23.6 Å². The molecule has 0 saturated carbocycles. The number of hydrogen-bond donors (Lipinski definition) is 6. The quantitative estimate of drug-likeness (QED) is 0.0249. The van der Waals surface area contributed by atoms with Gasteiger partial charge in [0.05, 0.1) is 12.1 Å². The Kier molecular flexibility index (Phi) is 143. The Morgan fingerprint density at radius 1 is 0.303 bits per heavy atom. The molecule has 0 aromatic rings. The van der Waals surface area contributed by atoms with E-state index in [0.29, 0.717) is 38.5 Å². The Balaban J connectivity index is -0.0000000726. The van der Waals surface area contributed by atoms with Crippen LogP contribution >= 0.6 is 0 Å². The minimum absolute atomic E-state index is 0. The number of amides is 4. The van der Waals surface area contributed by atoms with Crippen molar-refractivity contribution in [3.63, 3.8) is 0 Å². The Bertz CT molecular complexity index is 1200. The van der Waals surface area contributed by atoms with Crippen molar-refractivity contribution in [3.8, 4) is 0 Å². The van der Waals surface area contributed by atoms with E-state index in [0.717, 1.165) is 167 Å². The van der Waals surface area contributed by atoms with Crippen molar-refractivity contribution >= 4 is 48.8 Å². The van der Waals surface area contributed by atoms with Crippen LogP contribution in [0.5, 0.6) is 0 Å². The van der Waals surface area contributed by atoms with E-state index in [1.807, 2.05) is 120 Å². The van der Waals surface area contributed by atoms with Gasteiger partial charge in [-0.25, -0.2) is 25.1 Å². The van der Waals surface area contributed by atoms with Crippen LogP contribution in [0.15, 0.2) is 0 Å². The molecule has 0 spiro atoms. The smallest absolute Gasteiger partial charge is 0.234 e. The summed E-state index contributed by atoms with van der Waals surface area (Å²) in [6, 6.07) is -2.84. The summed E-state index contributed by atoms with van der Waals surface area (Å²) in [6.07, 6.45) is 47.2. The second-order valence-corrected chi connectivity index (χ2v) is 22.0. The third-order valence-corrected chi connectivity index (χ3v) is 12.5. The van der Waals surface area contributed by atoms with Crippen molar-refractivity contribution in [2.75, 3.05) is 0 Å². The third kappa shape index (κ3) is 103. The van der Waals surface area contributed by atoms with Crippen LogP contribution in [0.3, 0.4) is 0 Å². The minimum Gasteiger partial charge on any atom is -0.540 e. The van der Waals surface area contributed by atoms with E-state index in [9.17, 15) is 38.4 Å². The molecular formula is C71H142La4N6O8-8. The summed E-state index contributed by atoms with van der Waals surface area (Å²) in [6.45, 7) is 36.8. The maximum Gasteiger partial charge on any atom is 0.234 e. The molecule has 8 unspecified atom stereocenters. The number of hydrogen-bond acceptors (Lipinski definition) is 10. The van der Waals surface area contributed by atoms with Crippen molar-refractivity contribution < 1.29 is 181 Å². The zero-order valence-electron chi connectivity index (χ0n) is 60.3. The van der Waals surface area contributed by atoms with Gasteiger partial charge in [0.15, 0.2) is 0 Å². The van der Waals surface area contributed by atoms with Crippen molar-refractivity contribution in [2.24, 2.45) is 23.3 Å². The predicted octanol–water partition coefficient (Wildman–Crippen LogP) is 16.5. The van der Waals surface area contributed by atoms with Gasteiger partial charge in [-0.3, -0.25) is 19.2 Å². The summed E-state index contributed by atoms with van der Waals surface area (Å²) in [5, 5.41) is 10.9. The van der Waals surface area contributed by atoms with E-state index >= 15 is 0 Å². The zero-order valence-corrected chi connectivity index (χ0v) is 74.8. The Morgan fingerprint density at radius 2 is 0.449 bits per heavy atom. The molecule has 524 valence electrons. The van der Waals surface area contributed by atoms with Gasteiger partial charge in [-0.2, -0.15) is 55.4 Å². The van der Waals surface area contributed by atoms with Crippen LogP contribution in [0.2, 0.25) is 0 Å². The summed E-state index contributed by atoms with van der Waals surface area (Å²) in [5.41, 5.74) is 11.5. The summed E-state index contributed by atoms with van der Waals surface area (Å²) >= 11 is 0. The van der Waals surface area contributed by atoms with Crippen LogP contribution in [0.25, 0.3) is 0 Å². The molecule has 0 bridgehead atoms. The molecule has 0 heterocycles.